The maximum atomic E-state index is 6.07. The Balaban J connectivity index is 1.20. The fourth-order valence-electron chi connectivity index (χ4n) is 3.42. The van der Waals surface area contributed by atoms with Crippen molar-refractivity contribution in [2.24, 2.45) is 0 Å². The molecular weight excluding hydrogens is 362 g/mol. The van der Waals surface area contributed by atoms with Gasteiger partial charge >= 0.3 is 0 Å². The maximum absolute atomic E-state index is 6.07. The monoisotopic (exact) mass is 389 g/mol. The molecule has 0 saturated carbocycles. The zero-order valence-corrected chi connectivity index (χ0v) is 16.8. The first-order chi connectivity index (χ1) is 14.3. The molecule has 3 aromatic carbocycles. The van der Waals surface area contributed by atoms with Crippen molar-refractivity contribution in [1.82, 2.24) is 4.90 Å². The summed E-state index contributed by atoms with van der Waals surface area (Å²) in [6, 6.07) is 26.5. The molecule has 1 heterocycles. The van der Waals surface area contributed by atoms with Crippen LogP contribution in [0.2, 0.25) is 0 Å². The largest absolute Gasteiger partial charge is 0.488 e. The van der Waals surface area contributed by atoms with E-state index in [4.69, 9.17) is 14.2 Å². The maximum Gasteiger partial charge on any atom is 0.127 e. The van der Waals surface area contributed by atoms with Gasteiger partial charge < -0.3 is 14.2 Å². The highest BCUT2D eigenvalue weighted by atomic mass is 16.5. The van der Waals surface area contributed by atoms with E-state index in [1.165, 1.54) is 11.1 Å². The van der Waals surface area contributed by atoms with Crippen molar-refractivity contribution in [1.29, 1.82) is 0 Å². The molecule has 0 aliphatic carbocycles. The zero-order chi connectivity index (χ0) is 19.9. The van der Waals surface area contributed by atoms with E-state index in [1.54, 1.807) is 7.11 Å². The Morgan fingerprint density at radius 2 is 1.38 bits per heavy atom. The minimum atomic E-state index is 0.264. The van der Waals surface area contributed by atoms with Crippen LogP contribution in [0.15, 0.2) is 78.9 Å². The highest BCUT2D eigenvalue weighted by Gasteiger charge is 2.28. The van der Waals surface area contributed by atoms with Crippen molar-refractivity contribution in [3.63, 3.8) is 0 Å². The molecule has 0 N–H and O–H groups in total. The van der Waals surface area contributed by atoms with E-state index in [2.05, 4.69) is 41.3 Å². The molecule has 0 bridgehead atoms. The Bertz CT molecular complexity index is 872. The molecule has 4 nitrogen and oxygen atoms in total. The van der Waals surface area contributed by atoms with Gasteiger partial charge in [0.1, 0.15) is 23.4 Å². The topological polar surface area (TPSA) is 30.9 Å². The number of hydrogen-bond donors (Lipinski definition) is 0. The summed E-state index contributed by atoms with van der Waals surface area (Å²) in [5.41, 5.74) is 2.56. The molecule has 0 spiro atoms. The predicted molar refractivity (Wildman–Crippen MR) is 115 cm³/mol. The highest BCUT2D eigenvalue weighted by Crippen LogP contribution is 2.24. The number of methoxy groups -OCH3 is 1. The molecule has 3 aromatic rings. The normalized spacial score (nSPS) is 14.4. The second-order valence-electron chi connectivity index (χ2n) is 7.38. The third-order valence-corrected chi connectivity index (χ3v) is 5.05. The fourth-order valence-corrected chi connectivity index (χ4v) is 3.42. The third-order valence-electron chi connectivity index (χ3n) is 5.05. The second-order valence-corrected chi connectivity index (χ2v) is 7.38. The molecular formula is C25H27NO3. The molecule has 1 aliphatic rings. The van der Waals surface area contributed by atoms with Crippen molar-refractivity contribution in [3.8, 4) is 17.2 Å². The van der Waals surface area contributed by atoms with Gasteiger partial charge in [0.15, 0.2) is 0 Å². The lowest BCUT2D eigenvalue weighted by atomic mass is 10.1. The summed E-state index contributed by atoms with van der Waals surface area (Å²) in [5.74, 6) is 2.66. The Kier molecular flexibility index (Phi) is 6.45. The van der Waals surface area contributed by atoms with Gasteiger partial charge in [-0.05, 0) is 53.9 Å². The molecule has 29 heavy (non-hydrogen) atoms. The van der Waals surface area contributed by atoms with E-state index >= 15 is 0 Å². The Labute approximate surface area is 172 Å². The number of nitrogens with zero attached hydrogens (tertiary/aromatic N) is 1. The summed E-state index contributed by atoms with van der Waals surface area (Å²) >= 11 is 0. The van der Waals surface area contributed by atoms with E-state index in [0.29, 0.717) is 0 Å². The van der Waals surface area contributed by atoms with E-state index in [-0.39, 0.29) is 6.10 Å². The average molecular weight is 389 g/mol. The molecule has 4 rings (SSSR count). The number of ether oxygens (including phenoxy) is 3. The predicted octanol–water partition coefficient (Wildman–Crippen LogP) is 4.93. The van der Waals surface area contributed by atoms with Crippen LogP contribution in [-0.4, -0.2) is 37.8 Å². The third kappa shape index (κ3) is 5.59. The second kappa shape index (κ2) is 9.59. The van der Waals surface area contributed by atoms with Gasteiger partial charge in [-0.25, -0.2) is 0 Å². The first-order valence-electron chi connectivity index (χ1n) is 10.1. The Morgan fingerprint density at radius 3 is 2.07 bits per heavy atom. The first-order valence-corrected chi connectivity index (χ1v) is 10.1. The van der Waals surface area contributed by atoms with Crippen molar-refractivity contribution in [2.45, 2.75) is 19.1 Å². The smallest absolute Gasteiger partial charge is 0.127 e. The average Bonchev–Trinajstić information content (AvgIpc) is 2.73. The molecule has 0 amide bonds. The van der Waals surface area contributed by atoms with Gasteiger partial charge in [0.2, 0.25) is 0 Å². The van der Waals surface area contributed by atoms with E-state index in [9.17, 15) is 0 Å². The molecule has 1 saturated heterocycles. The number of para-hydroxylation sites is 1. The molecule has 1 fully saturated rings. The van der Waals surface area contributed by atoms with Gasteiger partial charge in [-0.15, -0.1) is 0 Å². The van der Waals surface area contributed by atoms with Crippen LogP contribution in [-0.2, 0) is 17.7 Å². The molecule has 150 valence electrons. The van der Waals surface area contributed by atoms with Crippen LogP contribution in [0.25, 0.3) is 0 Å². The van der Waals surface area contributed by atoms with Gasteiger partial charge in [-0.1, -0.05) is 42.5 Å². The van der Waals surface area contributed by atoms with E-state index in [1.807, 2.05) is 42.5 Å². The lowest BCUT2D eigenvalue weighted by Crippen LogP contribution is -2.53. The van der Waals surface area contributed by atoms with Crippen molar-refractivity contribution < 1.29 is 14.2 Å². The van der Waals surface area contributed by atoms with Gasteiger partial charge in [0.25, 0.3) is 0 Å². The van der Waals surface area contributed by atoms with Crippen molar-refractivity contribution in [2.75, 3.05) is 26.8 Å². The van der Waals surface area contributed by atoms with E-state index in [0.717, 1.165) is 49.9 Å². The standard InChI is InChI=1S/C25H27NO3/c1-27-16-15-20-7-11-24(12-8-20)29-25-18-26(19-25)17-21-9-13-23(14-10-21)28-22-5-3-2-4-6-22/h2-14,25H,15-19H2,1H3. The molecule has 1 aliphatic heterocycles. The number of benzene rings is 3. The Hall–Kier alpha value is -2.82. The number of likely N-dealkylation sites (tertiary alicyclic amines) is 1. The van der Waals surface area contributed by atoms with Crippen molar-refractivity contribution >= 4 is 0 Å². The minimum Gasteiger partial charge on any atom is -0.488 e. The van der Waals surface area contributed by atoms with Crippen LogP contribution in [0.3, 0.4) is 0 Å². The van der Waals surface area contributed by atoms with Crippen LogP contribution in [0.4, 0.5) is 0 Å². The zero-order valence-electron chi connectivity index (χ0n) is 16.8. The van der Waals surface area contributed by atoms with Crippen LogP contribution in [0.5, 0.6) is 17.2 Å². The SMILES string of the molecule is COCCc1ccc(OC2CN(Cc3ccc(Oc4ccccc4)cc3)C2)cc1. The summed E-state index contributed by atoms with van der Waals surface area (Å²) < 4.78 is 17.0. The van der Waals surface area contributed by atoms with Crippen LogP contribution in [0.1, 0.15) is 11.1 Å². The van der Waals surface area contributed by atoms with Crippen LogP contribution >= 0.6 is 0 Å². The summed E-state index contributed by atoms with van der Waals surface area (Å²) in [7, 11) is 1.73. The first kappa shape index (κ1) is 19.5. The minimum absolute atomic E-state index is 0.264. The van der Waals surface area contributed by atoms with Crippen molar-refractivity contribution in [3.05, 3.63) is 90.0 Å². The quantitative estimate of drug-likeness (QED) is 0.519. The molecule has 0 unspecified atom stereocenters. The summed E-state index contributed by atoms with van der Waals surface area (Å²) in [6.45, 7) is 3.58. The number of hydrogen-bond acceptors (Lipinski definition) is 4. The summed E-state index contributed by atoms with van der Waals surface area (Å²) in [5, 5.41) is 0. The molecule has 0 atom stereocenters. The van der Waals surface area contributed by atoms with Gasteiger partial charge in [-0.3, -0.25) is 4.90 Å². The summed E-state index contributed by atoms with van der Waals surface area (Å²) in [6.07, 6.45) is 1.20. The fraction of sp³-hybridized carbons (Fsp3) is 0.280. The van der Waals surface area contributed by atoms with Gasteiger partial charge in [0.05, 0.1) is 6.61 Å². The Morgan fingerprint density at radius 1 is 0.759 bits per heavy atom. The lowest BCUT2D eigenvalue weighted by molar-refractivity contribution is 0.0145. The van der Waals surface area contributed by atoms with Gasteiger partial charge in [0, 0.05) is 26.7 Å². The summed E-state index contributed by atoms with van der Waals surface area (Å²) in [4.78, 5) is 2.39. The lowest BCUT2D eigenvalue weighted by Gasteiger charge is -2.39. The molecule has 4 heteroatoms. The van der Waals surface area contributed by atoms with Crippen LogP contribution < -0.4 is 9.47 Å². The molecule has 0 radical (unpaired) electrons. The van der Waals surface area contributed by atoms with Gasteiger partial charge in [-0.2, -0.15) is 0 Å². The van der Waals surface area contributed by atoms with Crippen LogP contribution in [0, 0.1) is 0 Å². The van der Waals surface area contributed by atoms with E-state index < -0.39 is 0 Å². The number of rotatable bonds is 9. The highest BCUT2D eigenvalue weighted by molar-refractivity contribution is 5.33. The molecule has 0 aromatic heterocycles.